The topological polar surface area (TPSA) is 99.3 Å². The third kappa shape index (κ3) is 3.65. The van der Waals surface area contributed by atoms with E-state index in [0.717, 1.165) is 12.1 Å². The number of imidazole rings is 1. The fraction of sp³-hybridized carbons (Fsp3) is 0.625. The Morgan fingerprint density at radius 1 is 1.36 bits per heavy atom. The average Bonchev–Trinajstić information content (AvgIpc) is 3.00. The van der Waals surface area contributed by atoms with Gasteiger partial charge >= 0.3 is 5.97 Å². The molecule has 1 unspecified atom stereocenters. The zero-order valence-corrected chi connectivity index (χ0v) is 15.3. The number of nitrogens with zero attached hydrogens (tertiary/aromatic N) is 5. The molecule has 0 spiro atoms. The number of rotatable bonds is 3. The molecule has 3 heterocycles. The van der Waals surface area contributed by atoms with E-state index in [1.165, 1.54) is 0 Å². The number of fused-ring (bicyclic) bond motifs is 1. The van der Waals surface area contributed by atoms with Gasteiger partial charge in [-0.1, -0.05) is 0 Å². The highest BCUT2D eigenvalue weighted by Crippen LogP contribution is 2.26. The van der Waals surface area contributed by atoms with Crippen LogP contribution in [0.4, 0.5) is 11.8 Å². The summed E-state index contributed by atoms with van der Waals surface area (Å²) in [4.78, 5) is 32.9. The van der Waals surface area contributed by atoms with Crippen LogP contribution >= 0.6 is 0 Å². The van der Waals surface area contributed by atoms with Gasteiger partial charge in [0.25, 0.3) is 0 Å². The van der Waals surface area contributed by atoms with Gasteiger partial charge in [-0.3, -0.25) is 0 Å². The molecule has 1 aliphatic rings. The van der Waals surface area contributed by atoms with Crippen molar-refractivity contribution in [3.63, 3.8) is 0 Å². The molecule has 1 fully saturated rings. The van der Waals surface area contributed by atoms with Crippen LogP contribution in [-0.4, -0.2) is 71.3 Å². The van der Waals surface area contributed by atoms with E-state index in [-0.39, 0.29) is 5.97 Å². The van der Waals surface area contributed by atoms with E-state index in [4.69, 9.17) is 4.74 Å². The number of aromatic nitrogens is 4. The maximum atomic E-state index is 12.7. The van der Waals surface area contributed by atoms with Crippen molar-refractivity contribution in [2.75, 3.05) is 43.5 Å². The second-order valence-corrected chi connectivity index (χ2v) is 7.29. The van der Waals surface area contributed by atoms with Crippen LogP contribution in [0.3, 0.4) is 0 Å². The van der Waals surface area contributed by atoms with Gasteiger partial charge in [0.15, 0.2) is 11.5 Å². The van der Waals surface area contributed by atoms with Crippen molar-refractivity contribution < 1.29 is 9.53 Å². The molecule has 1 atom stereocenters. The van der Waals surface area contributed by atoms with E-state index >= 15 is 0 Å². The Hall–Kier alpha value is -2.42. The summed E-state index contributed by atoms with van der Waals surface area (Å²) < 4.78 is 5.60. The van der Waals surface area contributed by atoms with Gasteiger partial charge in [0.05, 0.1) is 6.33 Å². The fourth-order valence-corrected chi connectivity index (χ4v) is 2.75. The number of aromatic amines is 1. The second-order valence-electron chi connectivity index (χ2n) is 7.29. The molecule has 0 amide bonds. The van der Waals surface area contributed by atoms with Crippen LogP contribution in [0.15, 0.2) is 6.33 Å². The molecule has 0 bridgehead atoms. The molecule has 9 nitrogen and oxygen atoms in total. The first-order valence-electron chi connectivity index (χ1n) is 8.35. The summed E-state index contributed by atoms with van der Waals surface area (Å²) in [5, 5.41) is 3.26. The highest BCUT2D eigenvalue weighted by Gasteiger charge is 2.34. The SMILES string of the molecule is CN(C)c1nc(N2CCNCC2C(=O)OC(C)(C)C)c2[nH]cnc2n1. The molecule has 0 radical (unpaired) electrons. The number of piperazine rings is 1. The van der Waals surface area contributed by atoms with Crippen LogP contribution in [0, 0.1) is 0 Å². The molecular weight excluding hydrogens is 322 g/mol. The first-order chi connectivity index (χ1) is 11.8. The number of H-pyrrole nitrogens is 1. The molecule has 3 rings (SSSR count). The smallest absolute Gasteiger partial charge is 0.330 e. The molecule has 2 aromatic heterocycles. The van der Waals surface area contributed by atoms with Crippen molar-refractivity contribution in [2.24, 2.45) is 0 Å². The summed E-state index contributed by atoms with van der Waals surface area (Å²) in [5.74, 6) is 0.956. The van der Waals surface area contributed by atoms with E-state index in [1.54, 1.807) is 6.33 Å². The Bertz CT molecular complexity index is 765. The average molecular weight is 347 g/mol. The Labute approximate surface area is 146 Å². The van der Waals surface area contributed by atoms with E-state index in [9.17, 15) is 4.79 Å². The summed E-state index contributed by atoms with van der Waals surface area (Å²) >= 11 is 0. The number of carbonyl (C=O) groups excluding carboxylic acids is 1. The summed E-state index contributed by atoms with van der Waals surface area (Å²) in [6.07, 6.45) is 1.59. The lowest BCUT2D eigenvalue weighted by Crippen LogP contribution is -2.56. The lowest BCUT2D eigenvalue weighted by Gasteiger charge is -2.37. The first kappa shape index (κ1) is 17.4. The van der Waals surface area contributed by atoms with Crippen molar-refractivity contribution in [3.05, 3.63) is 6.33 Å². The number of esters is 1. The zero-order valence-electron chi connectivity index (χ0n) is 15.3. The molecule has 136 valence electrons. The predicted octanol–water partition coefficient (Wildman–Crippen LogP) is 0.539. The minimum absolute atomic E-state index is 0.266. The third-order valence-electron chi connectivity index (χ3n) is 3.85. The lowest BCUT2D eigenvalue weighted by molar-refractivity contribution is -0.156. The van der Waals surface area contributed by atoms with E-state index < -0.39 is 11.6 Å². The van der Waals surface area contributed by atoms with Gasteiger partial charge in [-0.25, -0.2) is 9.78 Å². The van der Waals surface area contributed by atoms with E-state index in [0.29, 0.717) is 30.5 Å². The first-order valence-corrected chi connectivity index (χ1v) is 8.35. The van der Waals surface area contributed by atoms with E-state index in [2.05, 4.69) is 25.3 Å². The molecule has 0 saturated carbocycles. The molecule has 25 heavy (non-hydrogen) atoms. The van der Waals surface area contributed by atoms with Gasteiger partial charge in [0.2, 0.25) is 5.95 Å². The predicted molar refractivity (Wildman–Crippen MR) is 95.9 cm³/mol. The van der Waals surface area contributed by atoms with Crippen molar-refractivity contribution >= 4 is 28.9 Å². The van der Waals surface area contributed by atoms with Crippen molar-refractivity contribution in [2.45, 2.75) is 32.4 Å². The van der Waals surface area contributed by atoms with Crippen LogP contribution in [-0.2, 0) is 9.53 Å². The summed E-state index contributed by atoms with van der Waals surface area (Å²) in [5.41, 5.74) is 0.764. The van der Waals surface area contributed by atoms with Crippen molar-refractivity contribution in [3.8, 4) is 0 Å². The molecule has 0 aromatic carbocycles. The van der Waals surface area contributed by atoms with Crippen LogP contribution in [0.5, 0.6) is 0 Å². The number of hydrogen-bond donors (Lipinski definition) is 2. The van der Waals surface area contributed by atoms with Crippen LogP contribution in [0.1, 0.15) is 20.8 Å². The van der Waals surface area contributed by atoms with Gasteiger partial charge in [-0.05, 0) is 20.8 Å². The molecule has 1 saturated heterocycles. The molecule has 1 aliphatic heterocycles. The molecule has 9 heteroatoms. The van der Waals surface area contributed by atoms with Crippen LogP contribution in [0.25, 0.3) is 11.2 Å². The molecule has 2 aromatic rings. The Kier molecular flexibility index (Phi) is 4.51. The van der Waals surface area contributed by atoms with Gasteiger partial charge in [-0.2, -0.15) is 9.97 Å². The monoisotopic (exact) mass is 347 g/mol. The maximum absolute atomic E-state index is 12.7. The zero-order chi connectivity index (χ0) is 18.2. The second kappa shape index (κ2) is 6.47. The molecule has 0 aliphatic carbocycles. The minimum atomic E-state index is -0.538. The largest absolute Gasteiger partial charge is 0.458 e. The number of nitrogens with one attached hydrogen (secondary N) is 2. The van der Waals surface area contributed by atoms with Gasteiger partial charge in [0, 0.05) is 33.7 Å². The maximum Gasteiger partial charge on any atom is 0.330 e. The number of anilines is 2. The highest BCUT2D eigenvalue weighted by molar-refractivity contribution is 5.88. The molecular formula is C16H25N7O2. The summed E-state index contributed by atoms with van der Waals surface area (Å²) in [7, 11) is 3.75. The Balaban J connectivity index is 2.01. The highest BCUT2D eigenvalue weighted by atomic mass is 16.6. The number of ether oxygens (including phenoxy) is 1. The Morgan fingerprint density at radius 2 is 2.12 bits per heavy atom. The fourth-order valence-electron chi connectivity index (χ4n) is 2.75. The van der Waals surface area contributed by atoms with E-state index in [1.807, 2.05) is 44.7 Å². The summed E-state index contributed by atoms with van der Waals surface area (Å²) in [6.45, 7) is 7.51. The summed E-state index contributed by atoms with van der Waals surface area (Å²) in [6, 6.07) is -0.454. The lowest BCUT2D eigenvalue weighted by atomic mass is 10.1. The normalized spacial score (nSPS) is 18.4. The van der Waals surface area contributed by atoms with Crippen molar-refractivity contribution in [1.82, 2.24) is 25.3 Å². The van der Waals surface area contributed by atoms with Crippen LogP contribution < -0.4 is 15.1 Å². The quantitative estimate of drug-likeness (QED) is 0.776. The standard InChI is InChI=1S/C16H25N7O2/c1-16(2,3)25-14(24)10-8-17-6-7-23(10)13-11-12(19-9-18-11)20-15(21-13)22(4)5/h9-10,17H,6-8H2,1-5H3,(H,18,19,20,21). The number of hydrogen-bond acceptors (Lipinski definition) is 8. The molecule has 2 N–H and O–H groups in total. The van der Waals surface area contributed by atoms with Crippen LogP contribution in [0.2, 0.25) is 0 Å². The number of carbonyl (C=O) groups is 1. The van der Waals surface area contributed by atoms with Crippen molar-refractivity contribution in [1.29, 1.82) is 0 Å². The van der Waals surface area contributed by atoms with Gasteiger partial charge in [0.1, 0.15) is 17.2 Å². The van der Waals surface area contributed by atoms with Gasteiger partial charge < -0.3 is 24.8 Å². The third-order valence-corrected chi connectivity index (χ3v) is 3.85. The van der Waals surface area contributed by atoms with Gasteiger partial charge in [-0.15, -0.1) is 0 Å². The Morgan fingerprint density at radius 3 is 2.80 bits per heavy atom. The minimum Gasteiger partial charge on any atom is -0.458 e.